The second kappa shape index (κ2) is 3.24. The summed E-state index contributed by atoms with van der Waals surface area (Å²) in [5.74, 6) is 0. The average molecular weight is 210 g/mol. The minimum absolute atomic E-state index is 0.304. The first-order valence-electron chi connectivity index (χ1n) is 4.60. The largest absolute Gasteiger partial charge is 0.245 e. The van der Waals surface area contributed by atoms with E-state index >= 15 is 0 Å². The van der Waals surface area contributed by atoms with Crippen molar-refractivity contribution >= 4 is 22.6 Å². The van der Waals surface area contributed by atoms with Gasteiger partial charge in [0, 0.05) is 11.7 Å². The third-order valence-electron chi connectivity index (χ3n) is 2.13. The van der Waals surface area contributed by atoms with Gasteiger partial charge in [-0.25, -0.2) is 9.67 Å². The van der Waals surface area contributed by atoms with E-state index in [9.17, 15) is 0 Å². The molecule has 0 aromatic carbocycles. The lowest BCUT2D eigenvalue weighted by Crippen LogP contribution is -2.03. The monoisotopic (exact) mass is 209 g/mol. The Balaban J connectivity index is 2.78. The lowest BCUT2D eigenvalue weighted by molar-refractivity contribution is 0.546. The highest BCUT2D eigenvalue weighted by atomic mass is 35.5. The van der Waals surface area contributed by atoms with Gasteiger partial charge in [-0.3, -0.25) is 0 Å². The smallest absolute Gasteiger partial charge is 0.159 e. The Bertz CT molecular complexity index is 473. The number of nitrogens with zero attached hydrogens (tertiary/aromatic N) is 3. The molecule has 0 aliphatic carbocycles. The van der Waals surface area contributed by atoms with E-state index in [-0.39, 0.29) is 0 Å². The fraction of sp³-hybridized carbons (Fsp3) is 0.400. The first-order chi connectivity index (χ1) is 6.59. The van der Waals surface area contributed by atoms with E-state index in [0.717, 1.165) is 21.7 Å². The zero-order valence-electron chi connectivity index (χ0n) is 8.45. The van der Waals surface area contributed by atoms with Gasteiger partial charge >= 0.3 is 0 Å². The molecule has 0 saturated carbocycles. The molecule has 2 rings (SSSR count). The maximum Gasteiger partial charge on any atom is 0.159 e. The molecule has 4 heteroatoms. The van der Waals surface area contributed by atoms with Gasteiger partial charge in [-0.2, -0.15) is 5.10 Å². The molecule has 0 N–H and O–H groups in total. The predicted molar refractivity (Wildman–Crippen MR) is 57.7 cm³/mol. The molecule has 0 saturated heterocycles. The molecule has 0 fully saturated rings. The number of pyridine rings is 1. The van der Waals surface area contributed by atoms with Crippen LogP contribution >= 0.6 is 11.6 Å². The van der Waals surface area contributed by atoms with E-state index in [1.165, 1.54) is 0 Å². The van der Waals surface area contributed by atoms with E-state index in [1.807, 2.05) is 17.7 Å². The highest BCUT2D eigenvalue weighted by molar-refractivity contribution is 6.35. The molecule has 2 aromatic rings. The normalized spacial score (nSPS) is 11.5. The number of aromatic nitrogens is 3. The summed E-state index contributed by atoms with van der Waals surface area (Å²) in [7, 11) is 0. The Morgan fingerprint density at radius 3 is 2.79 bits per heavy atom. The Morgan fingerprint density at radius 1 is 1.43 bits per heavy atom. The van der Waals surface area contributed by atoms with Crippen LogP contribution in [0.25, 0.3) is 11.0 Å². The van der Waals surface area contributed by atoms with E-state index in [2.05, 4.69) is 23.9 Å². The molecule has 0 unspecified atom stereocenters. The van der Waals surface area contributed by atoms with Crippen LogP contribution in [0.2, 0.25) is 5.02 Å². The van der Waals surface area contributed by atoms with Gasteiger partial charge in [0.2, 0.25) is 0 Å². The molecule has 0 amide bonds. The molecular weight excluding hydrogens is 198 g/mol. The Hall–Kier alpha value is -1.09. The first kappa shape index (κ1) is 9.46. The summed E-state index contributed by atoms with van der Waals surface area (Å²) in [5, 5.41) is 5.91. The van der Waals surface area contributed by atoms with Gasteiger partial charge in [0.15, 0.2) is 5.65 Å². The highest BCUT2D eigenvalue weighted by Crippen LogP contribution is 2.24. The Labute approximate surface area is 87.7 Å². The van der Waals surface area contributed by atoms with Crippen molar-refractivity contribution in [2.45, 2.75) is 26.8 Å². The maximum absolute atomic E-state index is 6.09. The molecular formula is C10H12ClN3. The van der Waals surface area contributed by atoms with Gasteiger partial charge < -0.3 is 0 Å². The van der Waals surface area contributed by atoms with Crippen molar-refractivity contribution < 1.29 is 0 Å². The van der Waals surface area contributed by atoms with Gasteiger partial charge in [0.1, 0.15) is 0 Å². The molecule has 74 valence electrons. The number of hydrogen-bond acceptors (Lipinski definition) is 2. The lowest BCUT2D eigenvalue weighted by atomic mass is 10.3. The van der Waals surface area contributed by atoms with Crippen molar-refractivity contribution in [3.05, 3.63) is 23.0 Å². The zero-order chi connectivity index (χ0) is 10.3. The number of hydrogen-bond donors (Lipinski definition) is 0. The standard InChI is InChI=1S/C10H12ClN3/c1-6(2)14-10-8(5-12-14)9(11)4-7(3)13-10/h4-6H,1-3H3. The number of aryl methyl sites for hydroxylation is 1. The van der Waals surface area contributed by atoms with Crippen LogP contribution in [0.3, 0.4) is 0 Å². The van der Waals surface area contributed by atoms with Crippen LogP contribution in [0.15, 0.2) is 12.3 Å². The van der Waals surface area contributed by atoms with Crippen molar-refractivity contribution in [3.8, 4) is 0 Å². The van der Waals surface area contributed by atoms with Crippen LogP contribution in [-0.4, -0.2) is 14.8 Å². The third kappa shape index (κ3) is 1.38. The van der Waals surface area contributed by atoms with Crippen molar-refractivity contribution in [2.75, 3.05) is 0 Å². The van der Waals surface area contributed by atoms with Gasteiger partial charge in [0.25, 0.3) is 0 Å². The molecule has 2 heterocycles. The molecule has 0 bridgehead atoms. The van der Waals surface area contributed by atoms with Gasteiger partial charge in [-0.15, -0.1) is 0 Å². The van der Waals surface area contributed by atoms with Crippen LogP contribution in [0.1, 0.15) is 25.6 Å². The predicted octanol–water partition coefficient (Wildman–Crippen LogP) is 2.97. The topological polar surface area (TPSA) is 30.7 Å². The fourth-order valence-corrected chi connectivity index (χ4v) is 1.77. The van der Waals surface area contributed by atoms with Crippen LogP contribution < -0.4 is 0 Å². The molecule has 0 aliphatic heterocycles. The summed E-state index contributed by atoms with van der Waals surface area (Å²) in [6.45, 7) is 6.08. The van der Waals surface area contributed by atoms with Crippen molar-refractivity contribution in [1.82, 2.24) is 14.8 Å². The van der Waals surface area contributed by atoms with Crippen LogP contribution in [0, 0.1) is 6.92 Å². The minimum atomic E-state index is 0.304. The molecule has 0 spiro atoms. The SMILES string of the molecule is Cc1cc(Cl)c2cnn(C(C)C)c2n1. The maximum atomic E-state index is 6.09. The summed E-state index contributed by atoms with van der Waals surface area (Å²) >= 11 is 6.09. The highest BCUT2D eigenvalue weighted by Gasteiger charge is 2.10. The molecule has 14 heavy (non-hydrogen) atoms. The van der Waals surface area contributed by atoms with Crippen LogP contribution in [0.5, 0.6) is 0 Å². The van der Waals surface area contributed by atoms with Crippen molar-refractivity contribution in [1.29, 1.82) is 0 Å². The fourth-order valence-electron chi connectivity index (χ4n) is 1.47. The summed E-state index contributed by atoms with van der Waals surface area (Å²) in [6, 6.07) is 2.16. The minimum Gasteiger partial charge on any atom is -0.245 e. The van der Waals surface area contributed by atoms with Crippen molar-refractivity contribution in [3.63, 3.8) is 0 Å². The molecule has 0 aliphatic rings. The molecule has 0 atom stereocenters. The Kier molecular flexibility index (Phi) is 2.19. The van der Waals surface area contributed by atoms with Crippen molar-refractivity contribution in [2.24, 2.45) is 0 Å². The molecule has 0 radical (unpaired) electrons. The summed E-state index contributed by atoms with van der Waals surface area (Å²) < 4.78 is 1.88. The van der Waals surface area contributed by atoms with Crippen LogP contribution in [0.4, 0.5) is 0 Å². The van der Waals surface area contributed by atoms with Gasteiger partial charge in [-0.05, 0) is 26.8 Å². The van der Waals surface area contributed by atoms with E-state index in [1.54, 1.807) is 6.20 Å². The summed E-state index contributed by atoms with van der Waals surface area (Å²) in [4.78, 5) is 4.43. The van der Waals surface area contributed by atoms with Gasteiger partial charge in [-0.1, -0.05) is 11.6 Å². The van der Waals surface area contributed by atoms with E-state index < -0.39 is 0 Å². The lowest BCUT2D eigenvalue weighted by Gasteiger charge is -2.06. The number of rotatable bonds is 1. The van der Waals surface area contributed by atoms with Crippen LogP contribution in [-0.2, 0) is 0 Å². The van der Waals surface area contributed by atoms with Gasteiger partial charge in [0.05, 0.1) is 16.6 Å². The second-order valence-corrected chi connectivity index (χ2v) is 4.07. The first-order valence-corrected chi connectivity index (χ1v) is 4.97. The van der Waals surface area contributed by atoms with E-state index in [4.69, 9.17) is 11.6 Å². The van der Waals surface area contributed by atoms with E-state index in [0.29, 0.717) is 6.04 Å². The Morgan fingerprint density at radius 2 is 2.14 bits per heavy atom. The average Bonchev–Trinajstić information content (AvgIpc) is 2.47. The molecule has 3 nitrogen and oxygen atoms in total. The zero-order valence-corrected chi connectivity index (χ0v) is 9.21. The number of halogens is 1. The number of fused-ring (bicyclic) bond motifs is 1. The quantitative estimate of drug-likeness (QED) is 0.723. The third-order valence-corrected chi connectivity index (χ3v) is 2.45. The molecule has 2 aromatic heterocycles. The second-order valence-electron chi connectivity index (χ2n) is 3.67. The summed E-state index contributed by atoms with van der Waals surface area (Å²) in [6.07, 6.45) is 1.77. The summed E-state index contributed by atoms with van der Waals surface area (Å²) in [5.41, 5.74) is 1.79.